The molecule has 1 aliphatic heterocycles. The maximum Gasteiger partial charge on any atom is 0.226 e. The third-order valence-electron chi connectivity index (χ3n) is 3.75. The second-order valence-corrected chi connectivity index (χ2v) is 5.30. The van der Waals surface area contributed by atoms with Crippen molar-refractivity contribution in [3.63, 3.8) is 0 Å². The van der Waals surface area contributed by atoms with Crippen molar-refractivity contribution in [3.05, 3.63) is 35.9 Å². The van der Waals surface area contributed by atoms with E-state index in [2.05, 4.69) is 5.32 Å². The normalized spacial score (nSPS) is 18.3. The summed E-state index contributed by atoms with van der Waals surface area (Å²) in [6.45, 7) is 1.88. The third-order valence-corrected chi connectivity index (χ3v) is 3.75. The van der Waals surface area contributed by atoms with Gasteiger partial charge in [-0.25, -0.2) is 0 Å². The SMILES string of the molecule is CNCC1(O)CCN(C(=O)Cc2ccccc2)CC1. The van der Waals surface area contributed by atoms with E-state index in [1.165, 1.54) is 0 Å². The molecule has 1 aromatic rings. The first kappa shape index (κ1) is 14.0. The van der Waals surface area contributed by atoms with Crippen LogP contribution in [0.2, 0.25) is 0 Å². The highest BCUT2D eigenvalue weighted by molar-refractivity contribution is 5.78. The first-order valence-corrected chi connectivity index (χ1v) is 6.82. The topological polar surface area (TPSA) is 52.6 Å². The minimum atomic E-state index is -0.654. The molecule has 0 bridgehead atoms. The van der Waals surface area contributed by atoms with Crippen LogP contribution in [0.5, 0.6) is 0 Å². The van der Waals surface area contributed by atoms with Gasteiger partial charge in [-0.1, -0.05) is 30.3 Å². The number of nitrogens with one attached hydrogen (secondary N) is 1. The van der Waals surface area contributed by atoms with Gasteiger partial charge in [0.2, 0.25) is 5.91 Å². The van der Waals surface area contributed by atoms with E-state index in [9.17, 15) is 9.90 Å². The van der Waals surface area contributed by atoms with E-state index in [1.54, 1.807) is 0 Å². The number of carbonyl (C=O) groups excluding carboxylic acids is 1. The highest BCUT2D eigenvalue weighted by Crippen LogP contribution is 2.21. The molecule has 0 saturated carbocycles. The van der Waals surface area contributed by atoms with Crippen LogP contribution in [0.25, 0.3) is 0 Å². The number of amides is 1. The Bertz CT molecular complexity index is 411. The van der Waals surface area contributed by atoms with Crippen molar-refractivity contribution in [1.82, 2.24) is 10.2 Å². The van der Waals surface area contributed by atoms with Crippen LogP contribution in [0.15, 0.2) is 30.3 Å². The number of aliphatic hydroxyl groups is 1. The molecule has 4 heteroatoms. The maximum absolute atomic E-state index is 12.2. The Kier molecular flexibility index (Phi) is 4.56. The van der Waals surface area contributed by atoms with Gasteiger partial charge in [-0.05, 0) is 25.5 Å². The van der Waals surface area contributed by atoms with Gasteiger partial charge in [0.25, 0.3) is 0 Å². The molecule has 0 unspecified atom stereocenters. The Morgan fingerprint density at radius 3 is 2.53 bits per heavy atom. The summed E-state index contributed by atoms with van der Waals surface area (Å²) < 4.78 is 0. The van der Waals surface area contributed by atoms with Gasteiger partial charge >= 0.3 is 0 Å². The Morgan fingerprint density at radius 2 is 1.95 bits per heavy atom. The van der Waals surface area contributed by atoms with Crippen LogP contribution >= 0.6 is 0 Å². The predicted octanol–water partition coefficient (Wildman–Crippen LogP) is 0.802. The molecule has 1 amide bonds. The highest BCUT2D eigenvalue weighted by Gasteiger charge is 2.32. The maximum atomic E-state index is 12.2. The third kappa shape index (κ3) is 3.78. The quantitative estimate of drug-likeness (QED) is 0.844. The number of rotatable bonds is 4. The molecule has 2 rings (SSSR count). The minimum Gasteiger partial charge on any atom is -0.388 e. The van der Waals surface area contributed by atoms with Crippen molar-refractivity contribution >= 4 is 5.91 Å². The van der Waals surface area contributed by atoms with E-state index < -0.39 is 5.60 Å². The molecule has 0 aromatic heterocycles. The van der Waals surface area contributed by atoms with Crippen molar-refractivity contribution in [3.8, 4) is 0 Å². The average molecular weight is 262 g/mol. The lowest BCUT2D eigenvalue weighted by Gasteiger charge is -2.38. The molecule has 4 nitrogen and oxygen atoms in total. The molecule has 1 aliphatic rings. The number of piperidine rings is 1. The molecule has 1 fully saturated rings. The Balaban J connectivity index is 1.86. The van der Waals surface area contributed by atoms with Gasteiger partial charge in [-0.3, -0.25) is 4.79 Å². The molecule has 1 saturated heterocycles. The number of carbonyl (C=O) groups is 1. The zero-order chi connectivity index (χ0) is 13.7. The molecule has 1 heterocycles. The summed E-state index contributed by atoms with van der Waals surface area (Å²) >= 11 is 0. The summed E-state index contributed by atoms with van der Waals surface area (Å²) in [6, 6.07) is 9.79. The second-order valence-electron chi connectivity index (χ2n) is 5.30. The van der Waals surface area contributed by atoms with E-state index in [-0.39, 0.29) is 5.91 Å². The van der Waals surface area contributed by atoms with E-state index >= 15 is 0 Å². The standard InChI is InChI=1S/C15H22N2O2/c1-16-12-15(19)7-9-17(10-8-15)14(18)11-13-5-3-2-4-6-13/h2-6,16,19H,7-12H2,1H3. The lowest BCUT2D eigenvalue weighted by atomic mass is 9.91. The number of nitrogens with zero attached hydrogens (tertiary/aromatic N) is 1. The van der Waals surface area contributed by atoms with Gasteiger partial charge in [0, 0.05) is 19.6 Å². The molecule has 0 atom stereocenters. The van der Waals surface area contributed by atoms with E-state index in [1.807, 2.05) is 42.3 Å². The van der Waals surface area contributed by atoms with Crippen LogP contribution in [0.3, 0.4) is 0 Å². The Labute approximate surface area is 114 Å². The summed E-state index contributed by atoms with van der Waals surface area (Å²) in [6.07, 6.45) is 1.74. The Morgan fingerprint density at radius 1 is 1.32 bits per heavy atom. The minimum absolute atomic E-state index is 0.151. The molecule has 0 radical (unpaired) electrons. The number of hydrogen-bond donors (Lipinski definition) is 2. The Hall–Kier alpha value is -1.39. The van der Waals surface area contributed by atoms with Gasteiger partial charge in [0.1, 0.15) is 0 Å². The van der Waals surface area contributed by atoms with Crippen LogP contribution in [-0.2, 0) is 11.2 Å². The molecule has 1 aromatic carbocycles. The van der Waals surface area contributed by atoms with Gasteiger partial charge in [0.05, 0.1) is 12.0 Å². The summed E-state index contributed by atoms with van der Waals surface area (Å²) in [5, 5.41) is 13.3. The van der Waals surface area contributed by atoms with Crippen molar-refractivity contribution in [2.45, 2.75) is 24.9 Å². The van der Waals surface area contributed by atoms with Crippen molar-refractivity contribution in [2.24, 2.45) is 0 Å². The van der Waals surface area contributed by atoms with Crippen LogP contribution in [0, 0.1) is 0 Å². The first-order valence-electron chi connectivity index (χ1n) is 6.82. The zero-order valence-electron chi connectivity index (χ0n) is 11.4. The number of hydrogen-bond acceptors (Lipinski definition) is 3. The fraction of sp³-hybridized carbons (Fsp3) is 0.533. The molecule has 0 spiro atoms. The number of benzene rings is 1. The van der Waals surface area contributed by atoms with E-state index in [4.69, 9.17) is 0 Å². The summed E-state index contributed by atoms with van der Waals surface area (Å²) in [5.74, 6) is 0.151. The lowest BCUT2D eigenvalue weighted by Crippen LogP contribution is -2.51. The van der Waals surface area contributed by atoms with Crippen LogP contribution in [0.4, 0.5) is 0 Å². The van der Waals surface area contributed by atoms with Gasteiger partial charge in [-0.2, -0.15) is 0 Å². The smallest absolute Gasteiger partial charge is 0.226 e. The predicted molar refractivity (Wildman–Crippen MR) is 74.8 cm³/mol. The lowest BCUT2D eigenvalue weighted by molar-refractivity contribution is -0.134. The van der Waals surface area contributed by atoms with Crippen LogP contribution < -0.4 is 5.32 Å². The fourth-order valence-corrected chi connectivity index (χ4v) is 2.56. The number of likely N-dealkylation sites (tertiary alicyclic amines) is 1. The van der Waals surface area contributed by atoms with Crippen LogP contribution in [-0.4, -0.2) is 48.2 Å². The fourth-order valence-electron chi connectivity index (χ4n) is 2.56. The summed E-state index contributed by atoms with van der Waals surface area (Å²) in [4.78, 5) is 14.0. The highest BCUT2D eigenvalue weighted by atomic mass is 16.3. The molecule has 0 aliphatic carbocycles. The molecule has 104 valence electrons. The van der Waals surface area contributed by atoms with Crippen molar-refractivity contribution in [1.29, 1.82) is 0 Å². The molecule has 19 heavy (non-hydrogen) atoms. The van der Waals surface area contributed by atoms with Gasteiger partial charge < -0.3 is 15.3 Å². The second kappa shape index (κ2) is 6.17. The molecular weight excluding hydrogens is 240 g/mol. The van der Waals surface area contributed by atoms with Crippen LogP contribution in [0.1, 0.15) is 18.4 Å². The van der Waals surface area contributed by atoms with Crippen molar-refractivity contribution < 1.29 is 9.90 Å². The molecule has 2 N–H and O–H groups in total. The van der Waals surface area contributed by atoms with E-state index in [0.29, 0.717) is 38.9 Å². The first-order chi connectivity index (χ1) is 9.13. The van der Waals surface area contributed by atoms with Gasteiger partial charge in [-0.15, -0.1) is 0 Å². The van der Waals surface area contributed by atoms with Gasteiger partial charge in [0.15, 0.2) is 0 Å². The van der Waals surface area contributed by atoms with E-state index in [0.717, 1.165) is 5.56 Å². The zero-order valence-corrected chi connectivity index (χ0v) is 11.4. The van der Waals surface area contributed by atoms with Crippen molar-refractivity contribution in [2.75, 3.05) is 26.7 Å². The monoisotopic (exact) mass is 262 g/mol. The number of likely N-dealkylation sites (N-methyl/N-ethyl adjacent to an activating group) is 1. The molecular formula is C15H22N2O2. The summed E-state index contributed by atoms with van der Waals surface area (Å²) in [7, 11) is 1.84. The average Bonchev–Trinajstić information content (AvgIpc) is 2.40. The largest absolute Gasteiger partial charge is 0.388 e. The summed E-state index contributed by atoms with van der Waals surface area (Å²) in [5.41, 5.74) is 0.390.